The molecular formula is C15H25NO2. The van der Waals surface area contributed by atoms with E-state index in [1.807, 2.05) is 6.92 Å². The van der Waals surface area contributed by atoms with Crippen LogP contribution in [-0.2, 0) is 0 Å². The van der Waals surface area contributed by atoms with Crippen LogP contribution < -0.4 is 0 Å². The highest BCUT2D eigenvalue weighted by Gasteiger charge is 2.50. The first-order valence-electron chi connectivity index (χ1n) is 7.58. The lowest BCUT2D eigenvalue weighted by Crippen LogP contribution is -2.47. The summed E-state index contributed by atoms with van der Waals surface area (Å²) in [7, 11) is 0. The molecule has 1 N–H and O–H groups in total. The van der Waals surface area contributed by atoms with E-state index in [4.69, 9.17) is 5.11 Å². The zero-order valence-electron chi connectivity index (χ0n) is 11.4. The van der Waals surface area contributed by atoms with Crippen LogP contribution in [0.1, 0.15) is 51.9 Å². The highest BCUT2D eigenvalue weighted by atomic mass is 16.4. The summed E-state index contributed by atoms with van der Waals surface area (Å²) < 4.78 is 0. The van der Waals surface area contributed by atoms with Gasteiger partial charge in [-0.3, -0.25) is 0 Å². The maximum absolute atomic E-state index is 11.1. The Bertz CT molecular complexity index is 304. The molecule has 1 amide bonds. The van der Waals surface area contributed by atoms with Crippen LogP contribution in [0, 0.1) is 23.2 Å². The molecule has 4 saturated carbocycles. The van der Waals surface area contributed by atoms with Gasteiger partial charge in [-0.25, -0.2) is 4.79 Å². The lowest BCUT2D eigenvalue weighted by Gasteiger charge is -2.57. The van der Waals surface area contributed by atoms with Crippen LogP contribution >= 0.6 is 0 Å². The Hall–Kier alpha value is -0.730. The molecule has 4 aliphatic carbocycles. The summed E-state index contributed by atoms with van der Waals surface area (Å²) in [5.74, 6) is 2.91. The summed E-state index contributed by atoms with van der Waals surface area (Å²) in [6, 6.07) is 0. The number of carbonyl (C=O) groups is 1. The summed E-state index contributed by atoms with van der Waals surface area (Å²) in [4.78, 5) is 12.7. The largest absolute Gasteiger partial charge is 0.465 e. The van der Waals surface area contributed by atoms with Crippen LogP contribution in [0.2, 0.25) is 0 Å². The highest BCUT2D eigenvalue weighted by molar-refractivity contribution is 5.64. The smallest absolute Gasteiger partial charge is 0.407 e. The lowest BCUT2D eigenvalue weighted by molar-refractivity contribution is -0.0600. The Morgan fingerprint density at radius 1 is 1.17 bits per heavy atom. The van der Waals surface area contributed by atoms with Crippen molar-refractivity contribution >= 4 is 6.09 Å². The van der Waals surface area contributed by atoms with Crippen molar-refractivity contribution in [2.24, 2.45) is 23.2 Å². The van der Waals surface area contributed by atoms with E-state index in [1.165, 1.54) is 38.5 Å². The van der Waals surface area contributed by atoms with E-state index in [-0.39, 0.29) is 0 Å². The number of hydrogen-bond acceptors (Lipinski definition) is 1. The van der Waals surface area contributed by atoms with Crippen molar-refractivity contribution in [3.63, 3.8) is 0 Å². The molecule has 102 valence electrons. The van der Waals surface area contributed by atoms with Gasteiger partial charge in [0.25, 0.3) is 0 Å². The fraction of sp³-hybridized carbons (Fsp3) is 0.933. The molecule has 18 heavy (non-hydrogen) atoms. The third-order valence-electron chi connectivity index (χ3n) is 5.73. The molecule has 3 nitrogen and oxygen atoms in total. The quantitative estimate of drug-likeness (QED) is 0.829. The molecule has 4 fully saturated rings. The Labute approximate surface area is 110 Å². The molecule has 0 radical (unpaired) electrons. The molecule has 0 unspecified atom stereocenters. The molecular weight excluding hydrogens is 226 g/mol. The molecule has 0 aliphatic heterocycles. The molecule has 4 rings (SSSR count). The minimum absolute atomic E-state index is 0.512. The van der Waals surface area contributed by atoms with E-state index in [0.717, 1.165) is 30.7 Å². The minimum atomic E-state index is -0.748. The first-order chi connectivity index (χ1) is 8.60. The number of carboxylic acid groups (broad SMARTS) is 1. The molecule has 0 aromatic carbocycles. The van der Waals surface area contributed by atoms with Gasteiger partial charge in [-0.05, 0) is 75.0 Å². The summed E-state index contributed by atoms with van der Waals surface area (Å²) >= 11 is 0. The van der Waals surface area contributed by atoms with Gasteiger partial charge in [0.15, 0.2) is 0 Å². The highest BCUT2D eigenvalue weighted by Crippen LogP contribution is 2.61. The van der Waals surface area contributed by atoms with Crippen molar-refractivity contribution in [1.82, 2.24) is 4.90 Å². The average molecular weight is 251 g/mol. The van der Waals surface area contributed by atoms with Crippen molar-refractivity contribution in [1.29, 1.82) is 0 Å². The van der Waals surface area contributed by atoms with Crippen molar-refractivity contribution in [2.75, 3.05) is 13.1 Å². The fourth-order valence-electron chi connectivity index (χ4n) is 5.36. The summed E-state index contributed by atoms with van der Waals surface area (Å²) in [5.41, 5.74) is 0.512. The Balaban J connectivity index is 1.63. The van der Waals surface area contributed by atoms with Crippen LogP contribution in [0.15, 0.2) is 0 Å². The standard InChI is InChI=1S/C15H25NO2/c1-2-16(14(17)18)4-3-15-8-11-5-12(9-15)7-13(6-11)10-15/h11-13H,2-10H2,1H3,(H,17,18). The van der Waals surface area contributed by atoms with Crippen LogP contribution in [0.5, 0.6) is 0 Å². The molecule has 0 aromatic rings. The maximum atomic E-state index is 11.1. The third-order valence-corrected chi connectivity index (χ3v) is 5.73. The lowest BCUT2D eigenvalue weighted by atomic mass is 9.49. The number of rotatable bonds is 4. The second-order valence-electron chi connectivity index (χ2n) is 7.03. The minimum Gasteiger partial charge on any atom is -0.465 e. The van der Waals surface area contributed by atoms with Gasteiger partial charge in [-0.15, -0.1) is 0 Å². The van der Waals surface area contributed by atoms with E-state index in [0.29, 0.717) is 12.0 Å². The van der Waals surface area contributed by atoms with Gasteiger partial charge in [0.05, 0.1) is 0 Å². The van der Waals surface area contributed by atoms with E-state index in [2.05, 4.69) is 0 Å². The molecule has 4 bridgehead atoms. The number of hydrogen-bond donors (Lipinski definition) is 1. The van der Waals surface area contributed by atoms with Crippen LogP contribution in [0.3, 0.4) is 0 Å². The van der Waals surface area contributed by atoms with Crippen molar-refractivity contribution in [3.8, 4) is 0 Å². The van der Waals surface area contributed by atoms with Crippen LogP contribution in [-0.4, -0.2) is 29.2 Å². The average Bonchev–Trinajstić information content (AvgIpc) is 2.27. The summed E-state index contributed by atoms with van der Waals surface area (Å²) in [6.07, 6.45) is 8.92. The van der Waals surface area contributed by atoms with Crippen LogP contribution in [0.25, 0.3) is 0 Å². The van der Waals surface area contributed by atoms with E-state index in [1.54, 1.807) is 4.90 Å². The molecule has 0 saturated heterocycles. The Kier molecular flexibility index (Phi) is 3.03. The van der Waals surface area contributed by atoms with Gasteiger partial charge in [0.1, 0.15) is 0 Å². The predicted molar refractivity (Wildman–Crippen MR) is 70.5 cm³/mol. The van der Waals surface area contributed by atoms with Gasteiger partial charge in [0, 0.05) is 13.1 Å². The zero-order valence-corrected chi connectivity index (χ0v) is 11.4. The molecule has 4 aliphatic rings. The molecule has 0 atom stereocenters. The number of nitrogens with zero attached hydrogens (tertiary/aromatic N) is 1. The monoisotopic (exact) mass is 251 g/mol. The van der Waals surface area contributed by atoms with Gasteiger partial charge in [0.2, 0.25) is 0 Å². The molecule has 3 heteroatoms. The zero-order chi connectivity index (χ0) is 12.8. The first kappa shape index (κ1) is 12.3. The third kappa shape index (κ3) is 2.12. The van der Waals surface area contributed by atoms with Gasteiger partial charge in [-0.1, -0.05) is 0 Å². The molecule has 0 spiro atoms. The van der Waals surface area contributed by atoms with Gasteiger partial charge >= 0.3 is 6.09 Å². The molecule has 0 heterocycles. The van der Waals surface area contributed by atoms with Gasteiger partial charge < -0.3 is 10.0 Å². The molecule has 0 aromatic heterocycles. The van der Waals surface area contributed by atoms with Crippen LogP contribution in [0.4, 0.5) is 4.79 Å². The van der Waals surface area contributed by atoms with Crippen molar-refractivity contribution < 1.29 is 9.90 Å². The summed E-state index contributed by atoms with van der Waals surface area (Å²) in [5, 5.41) is 9.11. The Morgan fingerprint density at radius 2 is 1.67 bits per heavy atom. The van der Waals surface area contributed by atoms with E-state index < -0.39 is 6.09 Å². The van der Waals surface area contributed by atoms with Gasteiger partial charge in [-0.2, -0.15) is 0 Å². The second kappa shape index (κ2) is 4.43. The normalized spacial score (nSPS) is 41.1. The van der Waals surface area contributed by atoms with Crippen molar-refractivity contribution in [3.05, 3.63) is 0 Å². The second-order valence-corrected chi connectivity index (χ2v) is 7.03. The topological polar surface area (TPSA) is 40.5 Å². The van der Waals surface area contributed by atoms with E-state index in [9.17, 15) is 4.79 Å². The predicted octanol–water partition coefficient (Wildman–Crippen LogP) is 3.59. The van der Waals surface area contributed by atoms with Crippen molar-refractivity contribution in [2.45, 2.75) is 51.9 Å². The van der Waals surface area contributed by atoms with E-state index >= 15 is 0 Å². The first-order valence-corrected chi connectivity index (χ1v) is 7.58. The Morgan fingerprint density at radius 3 is 2.06 bits per heavy atom. The SMILES string of the molecule is CCN(CCC12CC3CC(CC(C3)C1)C2)C(=O)O. The summed E-state index contributed by atoms with van der Waals surface area (Å²) in [6.45, 7) is 3.31. The number of amides is 1. The fourth-order valence-corrected chi connectivity index (χ4v) is 5.36. The maximum Gasteiger partial charge on any atom is 0.407 e.